The van der Waals surface area contributed by atoms with Crippen molar-refractivity contribution in [2.75, 3.05) is 10.6 Å². The smallest absolute Gasteiger partial charge is 0.406 e. The van der Waals surface area contributed by atoms with Crippen LogP contribution in [-0.2, 0) is 0 Å². The number of anilines is 3. The average molecular weight is 471 g/mol. The van der Waals surface area contributed by atoms with Gasteiger partial charge in [0.2, 0.25) is 5.95 Å². The minimum Gasteiger partial charge on any atom is -0.406 e. The predicted octanol–water partition coefficient (Wildman–Crippen LogP) is 7.30. The lowest BCUT2D eigenvalue weighted by Crippen LogP contribution is -2.17. The molecule has 0 saturated carbocycles. The SMILES string of the molecule is CC[C@H](C)Nc1nc(Nc2ccc(Cl)cc2Cl)cc(-c2cccc(OC(F)(F)F)c2)n1. The van der Waals surface area contributed by atoms with Crippen molar-refractivity contribution >= 4 is 40.7 Å². The number of nitrogens with zero attached hydrogens (tertiary/aromatic N) is 2. The molecule has 0 aliphatic heterocycles. The van der Waals surface area contributed by atoms with Gasteiger partial charge in [0.15, 0.2) is 0 Å². The zero-order valence-corrected chi connectivity index (χ0v) is 18.1. The molecule has 0 aliphatic rings. The number of hydrogen-bond acceptors (Lipinski definition) is 5. The molecule has 3 aromatic rings. The van der Waals surface area contributed by atoms with Crippen LogP contribution >= 0.6 is 23.2 Å². The van der Waals surface area contributed by atoms with E-state index in [0.717, 1.165) is 6.42 Å². The van der Waals surface area contributed by atoms with E-state index < -0.39 is 6.36 Å². The Balaban J connectivity index is 2.00. The van der Waals surface area contributed by atoms with Crippen LogP contribution in [0.3, 0.4) is 0 Å². The second-order valence-electron chi connectivity index (χ2n) is 6.74. The van der Waals surface area contributed by atoms with Gasteiger partial charge in [-0.25, -0.2) is 4.98 Å². The Hall–Kier alpha value is -2.71. The molecule has 5 nitrogen and oxygen atoms in total. The van der Waals surface area contributed by atoms with Crippen molar-refractivity contribution in [3.05, 3.63) is 58.6 Å². The van der Waals surface area contributed by atoms with E-state index in [1.807, 2.05) is 13.8 Å². The fraction of sp³-hybridized carbons (Fsp3) is 0.238. The maximum atomic E-state index is 12.6. The highest BCUT2D eigenvalue weighted by atomic mass is 35.5. The Labute approximate surface area is 187 Å². The van der Waals surface area contributed by atoms with Gasteiger partial charge in [0, 0.05) is 22.7 Å². The lowest BCUT2D eigenvalue weighted by Gasteiger charge is -2.15. The molecule has 0 radical (unpaired) electrons. The van der Waals surface area contributed by atoms with Crippen molar-refractivity contribution in [1.82, 2.24) is 9.97 Å². The quantitative estimate of drug-likeness (QED) is 0.379. The molecule has 3 rings (SSSR count). The Morgan fingerprint density at radius 2 is 1.84 bits per heavy atom. The number of benzene rings is 2. The Morgan fingerprint density at radius 3 is 2.52 bits per heavy atom. The van der Waals surface area contributed by atoms with Crippen molar-refractivity contribution in [1.29, 1.82) is 0 Å². The van der Waals surface area contributed by atoms with Gasteiger partial charge in [-0.1, -0.05) is 42.3 Å². The van der Waals surface area contributed by atoms with Gasteiger partial charge in [-0.05, 0) is 43.7 Å². The first-order chi connectivity index (χ1) is 14.6. The molecule has 1 atom stereocenters. The molecule has 0 amide bonds. The first-order valence-electron chi connectivity index (χ1n) is 9.37. The summed E-state index contributed by atoms with van der Waals surface area (Å²) < 4.78 is 41.8. The van der Waals surface area contributed by atoms with Gasteiger partial charge in [0.1, 0.15) is 11.6 Å². The first kappa shape index (κ1) is 23.0. The van der Waals surface area contributed by atoms with Crippen molar-refractivity contribution in [3.8, 4) is 17.0 Å². The maximum Gasteiger partial charge on any atom is 0.573 e. The number of hydrogen-bond donors (Lipinski definition) is 2. The predicted molar refractivity (Wildman–Crippen MR) is 117 cm³/mol. The van der Waals surface area contributed by atoms with E-state index >= 15 is 0 Å². The van der Waals surface area contributed by atoms with Gasteiger partial charge in [-0.3, -0.25) is 0 Å². The Morgan fingerprint density at radius 1 is 1.06 bits per heavy atom. The van der Waals surface area contributed by atoms with Gasteiger partial charge >= 0.3 is 6.36 Å². The van der Waals surface area contributed by atoms with E-state index in [-0.39, 0.29) is 11.8 Å². The molecule has 2 aromatic carbocycles. The Bertz CT molecular complexity index is 1060. The second kappa shape index (κ2) is 9.62. The number of nitrogens with one attached hydrogen (secondary N) is 2. The summed E-state index contributed by atoms with van der Waals surface area (Å²) in [6.45, 7) is 3.98. The van der Waals surface area contributed by atoms with Crippen molar-refractivity contribution in [3.63, 3.8) is 0 Å². The number of ether oxygens (including phenoxy) is 1. The zero-order valence-electron chi connectivity index (χ0n) is 16.6. The molecule has 1 heterocycles. The van der Waals surface area contributed by atoms with Crippen LogP contribution in [-0.4, -0.2) is 22.4 Å². The van der Waals surface area contributed by atoms with E-state index in [2.05, 4.69) is 25.3 Å². The van der Waals surface area contributed by atoms with Crippen molar-refractivity contribution in [2.24, 2.45) is 0 Å². The van der Waals surface area contributed by atoms with Crippen LogP contribution in [0, 0.1) is 0 Å². The van der Waals surface area contributed by atoms with Crippen molar-refractivity contribution in [2.45, 2.75) is 32.7 Å². The van der Waals surface area contributed by atoms with E-state index in [1.165, 1.54) is 18.2 Å². The molecule has 0 bridgehead atoms. The number of aromatic nitrogens is 2. The van der Waals surface area contributed by atoms with E-state index in [9.17, 15) is 13.2 Å². The number of alkyl halides is 3. The van der Waals surface area contributed by atoms with Crippen LogP contribution in [0.25, 0.3) is 11.3 Å². The van der Waals surface area contributed by atoms with Crippen LogP contribution in [0.4, 0.5) is 30.6 Å². The summed E-state index contributed by atoms with van der Waals surface area (Å²) in [5.74, 6) is 0.388. The molecule has 0 spiro atoms. The van der Waals surface area contributed by atoms with Crippen LogP contribution < -0.4 is 15.4 Å². The molecular formula is C21H19Cl2F3N4O. The van der Waals surface area contributed by atoms with E-state index in [0.29, 0.717) is 38.8 Å². The first-order valence-corrected chi connectivity index (χ1v) is 10.1. The molecule has 0 fully saturated rings. The highest BCUT2D eigenvalue weighted by Gasteiger charge is 2.31. The molecule has 0 saturated heterocycles. The maximum absolute atomic E-state index is 12.6. The standard InChI is InChI=1S/C21H19Cl2F3N4O/c1-3-12(2)27-20-29-18(13-5-4-6-15(9-13)31-21(24,25)26)11-19(30-20)28-17-8-7-14(22)10-16(17)23/h4-12H,3H2,1-2H3,(H2,27,28,29,30)/t12-/m0/s1. The average Bonchev–Trinajstić information content (AvgIpc) is 2.69. The Kier molecular flexibility index (Phi) is 7.12. The zero-order chi connectivity index (χ0) is 22.6. The summed E-state index contributed by atoms with van der Waals surface area (Å²) in [5.41, 5.74) is 1.40. The van der Waals surface area contributed by atoms with Crippen LogP contribution in [0.15, 0.2) is 48.5 Å². The fourth-order valence-electron chi connectivity index (χ4n) is 2.63. The van der Waals surface area contributed by atoms with Gasteiger partial charge in [0.25, 0.3) is 0 Å². The topological polar surface area (TPSA) is 59.1 Å². The summed E-state index contributed by atoms with van der Waals surface area (Å²) in [6.07, 6.45) is -3.96. The highest BCUT2D eigenvalue weighted by Crippen LogP contribution is 2.31. The minimum atomic E-state index is -4.79. The molecule has 10 heteroatoms. The summed E-state index contributed by atoms with van der Waals surface area (Å²) in [5, 5.41) is 7.16. The van der Waals surface area contributed by atoms with Gasteiger partial charge in [-0.2, -0.15) is 4.98 Å². The summed E-state index contributed by atoms with van der Waals surface area (Å²) >= 11 is 12.2. The minimum absolute atomic E-state index is 0.0853. The molecule has 2 N–H and O–H groups in total. The number of rotatable bonds is 7. The summed E-state index contributed by atoms with van der Waals surface area (Å²) in [4.78, 5) is 8.91. The fourth-order valence-corrected chi connectivity index (χ4v) is 3.08. The lowest BCUT2D eigenvalue weighted by molar-refractivity contribution is -0.274. The lowest BCUT2D eigenvalue weighted by atomic mass is 10.1. The van der Waals surface area contributed by atoms with Crippen LogP contribution in [0.5, 0.6) is 5.75 Å². The highest BCUT2D eigenvalue weighted by molar-refractivity contribution is 6.36. The number of halogens is 5. The molecule has 0 aliphatic carbocycles. The second-order valence-corrected chi connectivity index (χ2v) is 7.58. The molecular weight excluding hydrogens is 452 g/mol. The van der Waals surface area contributed by atoms with Gasteiger partial charge in [0.05, 0.1) is 16.4 Å². The van der Waals surface area contributed by atoms with Crippen LogP contribution in [0.2, 0.25) is 10.0 Å². The third-order valence-electron chi connectivity index (χ3n) is 4.27. The monoisotopic (exact) mass is 470 g/mol. The largest absolute Gasteiger partial charge is 0.573 e. The summed E-state index contributed by atoms with van der Waals surface area (Å²) in [6, 6.07) is 12.2. The third kappa shape index (κ3) is 6.63. The van der Waals surface area contributed by atoms with E-state index in [4.69, 9.17) is 23.2 Å². The molecule has 0 unspecified atom stereocenters. The normalized spacial score (nSPS) is 12.4. The third-order valence-corrected chi connectivity index (χ3v) is 4.82. The van der Waals surface area contributed by atoms with Gasteiger partial charge in [-0.15, -0.1) is 13.2 Å². The van der Waals surface area contributed by atoms with Gasteiger partial charge < -0.3 is 15.4 Å². The summed E-state index contributed by atoms with van der Waals surface area (Å²) in [7, 11) is 0. The van der Waals surface area contributed by atoms with Crippen LogP contribution in [0.1, 0.15) is 20.3 Å². The van der Waals surface area contributed by atoms with Crippen molar-refractivity contribution < 1.29 is 17.9 Å². The van der Waals surface area contributed by atoms with E-state index in [1.54, 1.807) is 30.3 Å². The molecule has 1 aromatic heterocycles. The molecule has 31 heavy (non-hydrogen) atoms. The molecule has 164 valence electrons.